The van der Waals surface area contributed by atoms with Crippen LogP contribution in [0.1, 0.15) is 22.8 Å². The smallest absolute Gasteiger partial charge is 0.255 e. The van der Waals surface area contributed by atoms with E-state index >= 15 is 0 Å². The summed E-state index contributed by atoms with van der Waals surface area (Å²) >= 11 is 1.59. The summed E-state index contributed by atoms with van der Waals surface area (Å²) in [6.07, 6.45) is 1.98. The number of thioether (sulfide) groups is 1. The van der Waals surface area contributed by atoms with E-state index in [2.05, 4.69) is 10.2 Å². The zero-order valence-electron chi connectivity index (χ0n) is 16.8. The Bertz CT molecular complexity index is 955. The molecule has 8 heteroatoms. The molecule has 156 valence electrons. The average molecular weight is 434 g/mol. The quantitative estimate of drug-likeness (QED) is 0.680. The van der Waals surface area contributed by atoms with Gasteiger partial charge in [-0.3, -0.25) is 9.69 Å². The highest BCUT2D eigenvalue weighted by molar-refractivity contribution is 7.98. The summed E-state index contributed by atoms with van der Waals surface area (Å²) in [5, 5.41) is 2.99. The lowest BCUT2D eigenvalue weighted by Crippen LogP contribution is -2.48. The highest BCUT2D eigenvalue weighted by Crippen LogP contribution is 2.25. The topological polar surface area (TPSA) is 69.7 Å². The molecule has 1 saturated heterocycles. The van der Waals surface area contributed by atoms with E-state index in [0.29, 0.717) is 38.3 Å². The molecule has 0 atom stereocenters. The van der Waals surface area contributed by atoms with Crippen LogP contribution in [0.3, 0.4) is 0 Å². The van der Waals surface area contributed by atoms with Crippen LogP contribution in [0.15, 0.2) is 53.4 Å². The lowest BCUT2D eigenvalue weighted by Gasteiger charge is -2.33. The predicted molar refractivity (Wildman–Crippen MR) is 119 cm³/mol. The highest BCUT2D eigenvalue weighted by Gasteiger charge is 2.25. The van der Waals surface area contributed by atoms with E-state index in [1.165, 1.54) is 0 Å². The van der Waals surface area contributed by atoms with E-state index < -0.39 is 10.0 Å². The van der Waals surface area contributed by atoms with Crippen LogP contribution < -0.4 is 5.32 Å². The number of carbonyl (C=O) groups excluding carboxylic acids is 1. The first-order chi connectivity index (χ1) is 13.9. The largest absolute Gasteiger partial charge is 0.321 e. The molecule has 3 rings (SSSR count). The van der Waals surface area contributed by atoms with Crippen LogP contribution in [-0.4, -0.2) is 61.7 Å². The number of carbonyl (C=O) groups is 1. The second kappa shape index (κ2) is 9.75. The number of anilines is 1. The van der Waals surface area contributed by atoms with Crippen molar-refractivity contribution in [2.24, 2.45) is 0 Å². The van der Waals surface area contributed by atoms with Gasteiger partial charge in [0.25, 0.3) is 5.91 Å². The third-order valence-electron chi connectivity index (χ3n) is 5.04. The number of benzene rings is 2. The van der Waals surface area contributed by atoms with Crippen LogP contribution in [0.4, 0.5) is 5.69 Å². The van der Waals surface area contributed by atoms with Crippen LogP contribution in [0.25, 0.3) is 0 Å². The van der Waals surface area contributed by atoms with Gasteiger partial charge in [0.05, 0.1) is 11.4 Å². The van der Waals surface area contributed by atoms with Gasteiger partial charge in [0, 0.05) is 43.2 Å². The maximum absolute atomic E-state index is 12.7. The summed E-state index contributed by atoms with van der Waals surface area (Å²) in [5.74, 6) is 0.0105. The SMILES string of the molecule is CCS(=O)(=O)N1CCN(Cc2cccc(C(=O)Nc3ccccc3SC)c2)CC1. The van der Waals surface area contributed by atoms with Crippen LogP contribution in [-0.2, 0) is 16.6 Å². The number of rotatable bonds is 7. The molecule has 1 heterocycles. The summed E-state index contributed by atoms with van der Waals surface area (Å²) in [5.41, 5.74) is 2.47. The van der Waals surface area contributed by atoms with Gasteiger partial charge in [-0.1, -0.05) is 24.3 Å². The van der Waals surface area contributed by atoms with E-state index in [1.54, 1.807) is 23.0 Å². The fraction of sp³-hybridized carbons (Fsp3) is 0.381. The van der Waals surface area contributed by atoms with Crippen LogP contribution >= 0.6 is 11.8 Å². The van der Waals surface area contributed by atoms with E-state index in [0.717, 1.165) is 16.1 Å². The molecule has 0 unspecified atom stereocenters. The van der Waals surface area contributed by atoms with Gasteiger partial charge in [0.1, 0.15) is 0 Å². The highest BCUT2D eigenvalue weighted by atomic mass is 32.2. The van der Waals surface area contributed by atoms with Crippen molar-refractivity contribution in [2.75, 3.05) is 43.5 Å². The maximum Gasteiger partial charge on any atom is 0.255 e. The fourth-order valence-electron chi connectivity index (χ4n) is 3.36. The predicted octanol–water partition coefficient (Wildman–Crippen LogP) is 3.13. The van der Waals surface area contributed by atoms with Crippen molar-refractivity contribution >= 4 is 33.4 Å². The zero-order valence-corrected chi connectivity index (χ0v) is 18.4. The molecular formula is C21H27N3O3S2. The Kier molecular flexibility index (Phi) is 7.34. The number of hydrogen-bond donors (Lipinski definition) is 1. The molecule has 0 bridgehead atoms. The monoisotopic (exact) mass is 433 g/mol. The van der Waals surface area contributed by atoms with Gasteiger partial charge in [-0.15, -0.1) is 11.8 Å². The van der Waals surface area contributed by atoms with Crippen LogP contribution in [0.2, 0.25) is 0 Å². The summed E-state index contributed by atoms with van der Waals surface area (Å²) in [7, 11) is -3.12. The van der Waals surface area contributed by atoms with Gasteiger partial charge in [-0.2, -0.15) is 4.31 Å². The molecule has 1 fully saturated rings. The minimum absolute atomic E-state index is 0.132. The molecule has 1 amide bonds. The number of para-hydroxylation sites is 1. The molecular weight excluding hydrogens is 406 g/mol. The summed E-state index contributed by atoms with van der Waals surface area (Å²) < 4.78 is 25.6. The number of hydrogen-bond acceptors (Lipinski definition) is 5. The van der Waals surface area contributed by atoms with Gasteiger partial charge < -0.3 is 5.32 Å². The lowest BCUT2D eigenvalue weighted by atomic mass is 10.1. The van der Waals surface area contributed by atoms with Gasteiger partial charge in [-0.25, -0.2) is 8.42 Å². The molecule has 6 nitrogen and oxygen atoms in total. The fourth-order valence-corrected chi connectivity index (χ4v) is 5.00. The van der Waals surface area contributed by atoms with Crippen molar-refractivity contribution in [3.8, 4) is 0 Å². The van der Waals surface area contributed by atoms with Gasteiger partial charge in [0.2, 0.25) is 10.0 Å². The maximum atomic E-state index is 12.7. The number of piperazine rings is 1. The van der Waals surface area contributed by atoms with Crippen molar-refractivity contribution in [1.29, 1.82) is 0 Å². The Balaban J connectivity index is 1.62. The van der Waals surface area contributed by atoms with Crippen molar-refractivity contribution < 1.29 is 13.2 Å². The van der Waals surface area contributed by atoms with E-state index in [4.69, 9.17) is 0 Å². The van der Waals surface area contributed by atoms with Crippen molar-refractivity contribution in [2.45, 2.75) is 18.4 Å². The molecule has 0 aromatic heterocycles. The second-order valence-corrected chi connectivity index (χ2v) is 10.0. The molecule has 0 saturated carbocycles. The molecule has 1 N–H and O–H groups in total. The molecule has 1 aliphatic heterocycles. The first-order valence-corrected chi connectivity index (χ1v) is 12.5. The lowest BCUT2D eigenvalue weighted by molar-refractivity contribution is 0.102. The van der Waals surface area contributed by atoms with Gasteiger partial charge in [0.15, 0.2) is 0 Å². The first-order valence-electron chi connectivity index (χ1n) is 9.66. The molecule has 0 aliphatic carbocycles. The Morgan fingerprint density at radius 1 is 1.07 bits per heavy atom. The Labute approximate surface area is 177 Å². The van der Waals surface area contributed by atoms with Crippen molar-refractivity contribution in [3.05, 3.63) is 59.7 Å². The molecule has 0 radical (unpaired) electrons. The number of sulfonamides is 1. The van der Waals surface area contributed by atoms with E-state index in [1.807, 2.05) is 54.8 Å². The van der Waals surface area contributed by atoms with E-state index in [-0.39, 0.29) is 11.7 Å². The van der Waals surface area contributed by atoms with Crippen molar-refractivity contribution in [1.82, 2.24) is 9.21 Å². The number of nitrogens with zero attached hydrogens (tertiary/aromatic N) is 2. The Morgan fingerprint density at radius 2 is 1.79 bits per heavy atom. The standard InChI is InChI=1S/C21H27N3O3S2/c1-3-29(26,27)24-13-11-23(12-14-24)16-17-7-6-8-18(15-17)21(25)22-19-9-4-5-10-20(19)28-2/h4-10,15H,3,11-14,16H2,1-2H3,(H,22,25). The molecule has 0 spiro atoms. The summed E-state index contributed by atoms with van der Waals surface area (Å²) in [4.78, 5) is 16.0. The number of nitrogens with one attached hydrogen (secondary N) is 1. The van der Waals surface area contributed by atoms with Crippen molar-refractivity contribution in [3.63, 3.8) is 0 Å². The molecule has 1 aliphatic rings. The molecule has 2 aromatic carbocycles. The molecule has 29 heavy (non-hydrogen) atoms. The molecule has 2 aromatic rings. The third kappa shape index (κ3) is 5.60. The first kappa shape index (κ1) is 21.8. The zero-order chi connectivity index (χ0) is 20.9. The second-order valence-electron chi connectivity index (χ2n) is 6.93. The van der Waals surface area contributed by atoms with Gasteiger partial charge >= 0.3 is 0 Å². The summed E-state index contributed by atoms with van der Waals surface area (Å²) in [6, 6.07) is 15.4. The normalized spacial score (nSPS) is 15.9. The van der Waals surface area contributed by atoms with Crippen LogP contribution in [0.5, 0.6) is 0 Å². The number of amides is 1. The van der Waals surface area contributed by atoms with E-state index in [9.17, 15) is 13.2 Å². The van der Waals surface area contributed by atoms with Gasteiger partial charge in [-0.05, 0) is 43.0 Å². The average Bonchev–Trinajstić information content (AvgIpc) is 2.74. The Morgan fingerprint density at radius 3 is 2.48 bits per heavy atom. The minimum atomic E-state index is -3.12. The minimum Gasteiger partial charge on any atom is -0.321 e. The Hall–Kier alpha value is -1.87. The van der Waals surface area contributed by atoms with Crippen LogP contribution in [0, 0.1) is 0 Å². The summed E-state index contributed by atoms with van der Waals surface area (Å²) in [6.45, 7) is 4.79. The third-order valence-corrected chi connectivity index (χ3v) is 7.72.